The summed E-state index contributed by atoms with van der Waals surface area (Å²) in [6, 6.07) is 6.10. The zero-order chi connectivity index (χ0) is 10.8. The molecule has 0 aromatic heterocycles. The first kappa shape index (κ1) is 10.4. The van der Waals surface area contributed by atoms with Crippen LogP contribution in [-0.2, 0) is 0 Å². The lowest BCUT2D eigenvalue weighted by Gasteiger charge is -2.16. The van der Waals surface area contributed by atoms with Gasteiger partial charge in [0, 0.05) is 17.1 Å². The molecule has 0 aliphatic carbocycles. The second-order valence-corrected chi connectivity index (χ2v) is 4.49. The quantitative estimate of drug-likeness (QED) is 0.677. The molecule has 0 amide bonds. The molecule has 0 radical (unpaired) electrons. The third-order valence-electron chi connectivity index (χ3n) is 2.61. The van der Waals surface area contributed by atoms with Gasteiger partial charge in [0.1, 0.15) is 0 Å². The summed E-state index contributed by atoms with van der Waals surface area (Å²) >= 11 is 6.04. The van der Waals surface area contributed by atoms with Crippen molar-refractivity contribution in [1.82, 2.24) is 0 Å². The van der Waals surface area contributed by atoms with Crippen LogP contribution in [0.2, 0.25) is 5.02 Å². The Bertz CT molecular complexity index is 412. The summed E-state index contributed by atoms with van der Waals surface area (Å²) in [5.41, 5.74) is 3.47. The average molecular weight is 220 g/mol. The lowest BCUT2D eigenvalue weighted by Crippen LogP contribution is -2.14. The standard InChI is InChI=1S/C13H14ClN/c1-9-6-11(8-12(14)7-9)13-10(2)4-3-5-15-13/h3,5-8,10H,4H2,1-2H3. The topological polar surface area (TPSA) is 12.4 Å². The van der Waals surface area contributed by atoms with E-state index < -0.39 is 0 Å². The Balaban J connectivity index is 2.44. The van der Waals surface area contributed by atoms with E-state index in [1.807, 2.05) is 18.3 Å². The summed E-state index contributed by atoms with van der Waals surface area (Å²) in [5.74, 6) is 0.480. The molecular formula is C13H14ClN. The Hall–Kier alpha value is -1.08. The van der Waals surface area contributed by atoms with Gasteiger partial charge in [-0.3, -0.25) is 4.99 Å². The number of halogens is 1. The fourth-order valence-corrected chi connectivity index (χ4v) is 2.17. The highest BCUT2D eigenvalue weighted by atomic mass is 35.5. The van der Waals surface area contributed by atoms with E-state index in [2.05, 4.69) is 31.0 Å². The highest BCUT2D eigenvalue weighted by molar-refractivity contribution is 6.31. The molecule has 0 N–H and O–H groups in total. The van der Waals surface area contributed by atoms with Crippen LogP contribution >= 0.6 is 11.6 Å². The Labute approximate surface area is 95.5 Å². The molecule has 0 saturated carbocycles. The number of allylic oxidation sites excluding steroid dienone is 1. The predicted molar refractivity (Wildman–Crippen MR) is 65.6 cm³/mol. The molecule has 1 aromatic rings. The lowest BCUT2D eigenvalue weighted by atomic mass is 9.93. The molecule has 1 heterocycles. The molecule has 2 heteroatoms. The molecule has 0 saturated heterocycles. The van der Waals surface area contributed by atoms with Crippen LogP contribution in [0.4, 0.5) is 0 Å². The molecule has 0 fully saturated rings. The molecule has 15 heavy (non-hydrogen) atoms. The molecule has 78 valence electrons. The number of hydrogen-bond acceptors (Lipinski definition) is 1. The van der Waals surface area contributed by atoms with Crippen molar-refractivity contribution in [2.24, 2.45) is 10.9 Å². The van der Waals surface area contributed by atoms with Gasteiger partial charge in [0.25, 0.3) is 0 Å². The van der Waals surface area contributed by atoms with Crippen LogP contribution < -0.4 is 0 Å². The van der Waals surface area contributed by atoms with E-state index in [0.29, 0.717) is 5.92 Å². The number of rotatable bonds is 1. The summed E-state index contributed by atoms with van der Waals surface area (Å²) in [6.07, 6.45) is 5.04. The van der Waals surface area contributed by atoms with Crippen molar-refractivity contribution in [2.75, 3.05) is 0 Å². The first-order chi connectivity index (χ1) is 7.16. The van der Waals surface area contributed by atoms with Gasteiger partial charge in [-0.1, -0.05) is 30.7 Å². The molecule has 1 aromatic carbocycles. The van der Waals surface area contributed by atoms with Gasteiger partial charge in [0.2, 0.25) is 0 Å². The van der Waals surface area contributed by atoms with Crippen molar-refractivity contribution in [1.29, 1.82) is 0 Å². The first-order valence-corrected chi connectivity index (χ1v) is 5.55. The number of hydrogen-bond donors (Lipinski definition) is 0. The number of benzene rings is 1. The van der Waals surface area contributed by atoms with Crippen LogP contribution in [0.3, 0.4) is 0 Å². The van der Waals surface area contributed by atoms with Crippen molar-refractivity contribution in [3.05, 3.63) is 46.6 Å². The van der Waals surface area contributed by atoms with E-state index in [4.69, 9.17) is 11.6 Å². The van der Waals surface area contributed by atoms with E-state index in [1.165, 1.54) is 5.56 Å². The largest absolute Gasteiger partial charge is 0.261 e. The minimum Gasteiger partial charge on any atom is -0.261 e. The molecule has 1 atom stereocenters. The van der Waals surface area contributed by atoms with E-state index in [1.54, 1.807) is 0 Å². The van der Waals surface area contributed by atoms with Gasteiger partial charge in [0.05, 0.1) is 5.71 Å². The third-order valence-corrected chi connectivity index (χ3v) is 2.83. The van der Waals surface area contributed by atoms with E-state index in [0.717, 1.165) is 22.7 Å². The maximum absolute atomic E-state index is 6.04. The maximum Gasteiger partial charge on any atom is 0.0507 e. The Morgan fingerprint density at radius 2 is 2.13 bits per heavy atom. The number of nitrogens with zero attached hydrogens (tertiary/aromatic N) is 1. The van der Waals surface area contributed by atoms with Crippen LogP contribution in [0, 0.1) is 12.8 Å². The smallest absolute Gasteiger partial charge is 0.0507 e. The fourth-order valence-electron chi connectivity index (χ4n) is 1.88. The van der Waals surface area contributed by atoms with Gasteiger partial charge in [-0.2, -0.15) is 0 Å². The zero-order valence-electron chi connectivity index (χ0n) is 9.00. The Morgan fingerprint density at radius 1 is 1.33 bits per heavy atom. The number of aliphatic imine (C=N–C) groups is 1. The van der Waals surface area contributed by atoms with E-state index >= 15 is 0 Å². The molecule has 1 unspecified atom stereocenters. The van der Waals surface area contributed by atoms with Crippen LogP contribution in [0.25, 0.3) is 0 Å². The third kappa shape index (κ3) is 2.29. The second-order valence-electron chi connectivity index (χ2n) is 4.05. The van der Waals surface area contributed by atoms with Gasteiger partial charge < -0.3 is 0 Å². The van der Waals surface area contributed by atoms with Crippen molar-refractivity contribution < 1.29 is 0 Å². The normalized spacial score (nSPS) is 20.2. The molecular weight excluding hydrogens is 206 g/mol. The fraction of sp³-hybridized carbons (Fsp3) is 0.308. The van der Waals surface area contributed by atoms with E-state index in [-0.39, 0.29) is 0 Å². The second kappa shape index (κ2) is 4.19. The Kier molecular flexibility index (Phi) is 2.92. The van der Waals surface area contributed by atoms with Crippen molar-refractivity contribution in [3.8, 4) is 0 Å². The van der Waals surface area contributed by atoms with Crippen molar-refractivity contribution >= 4 is 17.3 Å². The predicted octanol–water partition coefficient (Wildman–Crippen LogP) is 3.99. The zero-order valence-corrected chi connectivity index (χ0v) is 9.75. The van der Waals surface area contributed by atoms with Gasteiger partial charge in [-0.05, 0) is 36.6 Å². The SMILES string of the molecule is Cc1cc(Cl)cc(C2=NC=CCC2C)c1. The van der Waals surface area contributed by atoms with Crippen molar-refractivity contribution in [3.63, 3.8) is 0 Å². The summed E-state index contributed by atoms with van der Waals surface area (Å²) in [7, 11) is 0. The summed E-state index contributed by atoms with van der Waals surface area (Å²) in [6.45, 7) is 4.25. The van der Waals surface area contributed by atoms with Gasteiger partial charge in [0.15, 0.2) is 0 Å². The molecule has 0 bridgehead atoms. The monoisotopic (exact) mass is 219 g/mol. The first-order valence-electron chi connectivity index (χ1n) is 5.17. The van der Waals surface area contributed by atoms with E-state index in [9.17, 15) is 0 Å². The van der Waals surface area contributed by atoms with Crippen LogP contribution in [-0.4, -0.2) is 5.71 Å². The minimum absolute atomic E-state index is 0.480. The summed E-state index contributed by atoms with van der Waals surface area (Å²) in [4.78, 5) is 4.44. The molecule has 0 spiro atoms. The van der Waals surface area contributed by atoms with Gasteiger partial charge in [-0.25, -0.2) is 0 Å². The molecule has 1 aliphatic rings. The lowest BCUT2D eigenvalue weighted by molar-refractivity contribution is 0.777. The maximum atomic E-state index is 6.04. The van der Waals surface area contributed by atoms with Crippen molar-refractivity contribution in [2.45, 2.75) is 20.3 Å². The van der Waals surface area contributed by atoms with Crippen LogP contribution in [0.1, 0.15) is 24.5 Å². The summed E-state index contributed by atoms with van der Waals surface area (Å²) in [5, 5.41) is 0.787. The van der Waals surface area contributed by atoms with Crippen LogP contribution in [0.5, 0.6) is 0 Å². The average Bonchev–Trinajstić information content (AvgIpc) is 2.16. The molecule has 1 nitrogen and oxygen atoms in total. The molecule has 2 rings (SSSR count). The summed E-state index contributed by atoms with van der Waals surface area (Å²) < 4.78 is 0. The highest BCUT2D eigenvalue weighted by Crippen LogP contribution is 2.22. The number of aryl methyl sites for hydroxylation is 1. The Morgan fingerprint density at radius 3 is 2.80 bits per heavy atom. The minimum atomic E-state index is 0.480. The molecule has 1 aliphatic heterocycles. The van der Waals surface area contributed by atoms with Gasteiger partial charge in [-0.15, -0.1) is 0 Å². The highest BCUT2D eigenvalue weighted by Gasteiger charge is 2.14. The van der Waals surface area contributed by atoms with Gasteiger partial charge >= 0.3 is 0 Å². The van der Waals surface area contributed by atoms with Crippen LogP contribution in [0.15, 0.2) is 35.5 Å².